The molecule has 48 heavy (non-hydrogen) atoms. The summed E-state index contributed by atoms with van der Waals surface area (Å²) < 4.78 is 5.99. The normalized spacial score (nSPS) is 24.6. The number of carbonyl (C=O) groups is 6. The van der Waals surface area contributed by atoms with Gasteiger partial charge in [0.05, 0.1) is 13.0 Å². The van der Waals surface area contributed by atoms with Crippen molar-refractivity contribution in [2.75, 3.05) is 6.54 Å². The third-order valence-electron chi connectivity index (χ3n) is 8.49. The quantitative estimate of drug-likeness (QED) is 0.178. The first-order valence-electron chi connectivity index (χ1n) is 17.4. The Morgan fingerprint density at radius 2 is 1.44 bits per heavy atom. The lowest BCUT2D eigenvalue weighted by molar-refractivity contribution is -0.157. The molecule has 1 aromatic rings. The second kappa shape index (κ2) is 20.4. The molecule has 1 aliphatic rings. The van der Waals surface area contributed by atoms with Gasteiger partial charge in [-0.3, -0.25) is 24.0 Å². The molecular weight excluding hydrogens is 614 g/mol. The van der Waals surface area contributed by atoms with Gasteiger partial charge in [0.25, 0.3) is 0 Å². The van der Waals surface area contributed by atoms with Gasteiger partial charge in [0.2, 0.25) is 29.5 Å². The second-order valence-corrected chi connectivity index (χ2v) is 13.7. The SMILES string of the molecule is CCCCCC[C@@H](C)[C@H]1CC(=O)NCC(=O)NC(C(C)C)C(=O)N[C@@H](CC(C)C)C(=O)N[C@@H](C)C(=O)NC(Cc2ccccc2)C(=O)O1. The van der Waals surface area contributed by atoms with Crippen molar-refractivity contribution in [3.05, 3.63) is 35.9 Å². The predicted octanol–water partition coefficient (Wildman–Crippen LogP) is 2.93. The van der Waals surface area contributed by atoms with Crippen LogP contribution in [0.1, 0.15) is 99.0 Å². The number of esters is 1. The molecule has 1 aromatic carbocycles. The van der Waals surface area contributed by atoms with E-state index in [-0.39, 0.29) is 43.6 Å². The zero-order chi connectivity index (χ0) is 35.8. The number of amides is 5. The Morgan fingerprint density at radius 1 is 0.771 bits per heavy atom. The average Bonchev–Trinajstić information content (AvgIpc) is 3.03. The molecule has 1 aliphatic heterocycles. The van der Waals surface area contributed by atoms with Gasteiger partial charge in [-0.15, -0.1) is 0 Å². The molecule has 6 atom stereocenters. The van der Waals surface area contributed by atoms with E-state index in [9.17, 15) is 28.8 Å². The predicted molar refractivity (Wildman–Crippen MR) is 183 cm³/mol. The highest BCUT2D eigenvalue weighted by molar-refractivity contribution is 5.95. The third-order valence-corrected chi connectivity index (χ3v) is 8.49. The molecule has 268 valence electrons. The molecule has 0 aliphatic carbocycles. The van der Waals surface area contributed by atoms with Crippen LogP contribution in [0.4, 0.5) is 0 Å². The number of cyclic esters (lactones) is 1. The van der Waals surface area contributed by atoms with Gasteiger partial charge in [-0.25, -0.2) is 4.79 Å². The molecule has 5 N–H and O–H groups in total. The van der Waals surface area contributed by atoms with E-state index >= 15 is 0 Å². The van der Waals surface area contributed by atoms with Crippen LogP contribution in [0.25, 0.3) is 0 Å². The number of hydrogen-bond donors (Lipinski definition) is 5. The van der Waals surface area contributed by atoms with Gasteiger partial charge in [-0.05, 0) is 43.1 Å². The highest BCUT2D eigenvalue weighted by Crippen LogP contribution is 2.21. The van der Waals surface area contributed by atoms with Crippen LogP contribution in [0.15, 0.2) is 30.3 Å². The van der Waals surface area contributed by atoms with Gasteiger partial charge in [-0.1, -0.05) is 97.6 Å². The van der Waals surface area contributed by atoms with E-state index in [1.165, 1.54) is 6.92 Å². The lowest BCUT2D eigenvalue weighted by Crippen LogP contribution is -2.58. The summed E-state index contributed by atoms with van der Waals surface area (Å²) in [7, 11) is 0. The van der Waals surface area contributed by atoms with Crippen LogP contribution in [-0.2, 0) is 39.9 Å². The highest BCUT2D eigenvalue weighted by Gasteiger charge is 2.34. The summed E-state index contributed by atoms with van der Waals surface area (Å²) in [4.78, 5) is 80.0. The lowest BCUT2D eigenvalue weighted by atomic mass is 9.94. The maximum absolute atomic E-state index is 13.8. The number of nitrogens with one attached hydrogen (secondary N) is 5. The molecule has 1 heterocycles. The van der Waals surface area contributed by atoms with Crippen molar-refractivity contribution < 1.29 is 33.5 Å². The molecule has 2 rings (SSSR count). The summed E-state index contributed by atoms with van der Waals surface area (Å²) in [5.41, 5.74) is 0.780. The molecular formula is C36H57N5O7. The van der Waals surface area contributed by atoms with Crippen molar-refractivity contribution in [1.82, 2.24) is 26.6 Å². The van der Waals surface area contributed by atoms with Crippen LogP contribution in [0.5, 0.6) is 0 Å². The van der Waals surface area contributed by atoms with Crippen molar-refractivity contribution in [2.45, 2.75) is 130 Å². The minimum absolute atomic E-state index is 0.0149. The zero-order valence-electron chi connectivity index (χ0n) is 29.7. The summed E-state index contributed by atoms with van der Waals surface area (Å²) in [5, 5.41) is 13.4. The lowest BCUT2D eigenvalue weighted by Gasteiger charge is -2.28. The van der Waals surface area contributed by atoms with Crippen molar-refractivity contribution >= 4 is 35.5 Å². The number of benzene rings is 1. The molecule has 0 bridgehead atoms. The maximum atomic E-state index is 13.8. The Hall–Kier alpha value is -3.96. The van der Waals surface area contributed by atoms with E-state index in [1.807, 2.05) is 51.1 Å². The van der Waals surface area contributed by atoms with Crippen LogP contribution in [0, 0.1) is 17.8 Å². The molecule has 2 unspecified atom stereocenters. The highest BCUT2D eigenvalue weighted by atomic mass is 16.5. The smallest absolute Gasteiger partial charge is 0.329 e. The summed E-state index contributed by atoms with van der Waals surface area (Å²) in [5.74, 6) is -4.00. The van der Waals surface area contributed by atoms with Gasteiger partial charge in [-0.2, -0.15) is 0 Å². The van der Waals surface area contributed by atoms with E-state index in [1.54, 1.807) is 13.8 Å². The minimum atomic E-state index is -1.11. The summed E-state index contributed by atoms with van der Waals surface area (Å²) in [6.45, 7) is 12.5. The molecule has 0 saturated carbocycles. The molecule has 0 aromatic heterocycles. The van der Waals surface area contributed by atoms with Gasteiger partial charge in [0, 0.05) is 6.42 Å². The molecule has 12 heteroatoms. The van der Waals surface area contributed by atoms with Crippen LogP contribution >= 0.6 is 0 Å². The summed E-state index contributed by atoms with van der Waals surface area (Å²) >= 11 is 0. The standard InChI is InChI=1S/C36H57N5O7/c1-8-9-10-12-15-24(6)29-20-30(42)37-21-31(43)41-32(23(4)5)35(46)39-27(18-22(2)3)34(45)38-25(7)33(44)40-28(36(47)48-29)19-26-16-13-11-14-17-26/h11,13-14,16-17,22-25,27-29,32H,8-10,12,15,18-21H2,1-7H3,(H,37,42)(H,38,45)(H,39,46)(H,40,44)(H,41,43)/t24-,25+,27+,28?,29-,32?/m1/s1. The molecule has 0 radical (unpaired) electrons. The van der Waals surface area contributed by atoms with Crippen molar-refractivity contribution in [3.63, 3.8) is 0 Å². The number of rotatable bonds is 11. The Bertz CT molecular complexity index is 1220. The number of hydrogen-bond acceptors (Lipinski definition) is 7. The third kappa shape index (κ3) is 14.0. The summed E-state index contributed by atoms with van der Waals surface area (Å²) in [6, 6.07) is 5.01. The van der Waals surface area contributed by atoms with Crippen LogP contribution in [-0.4, -0.2) is 72.3 Å². The van der Waals surface area contributed by atoms with E-state index in [0.717, 1.165) is 31.2 Å². The number of carbonyl (C=O) groups excluding carboxylic acids is 6. The van der Waals surface area contributed by atoms with Gasteiger partial charge in [0.1, 0.15) is 30.3 Å². The molecule has 0 spiro atoms. The zero-order valence-corrected chi connectivity index (χ0v) is 29.7. The van der Waals surface area contributed by atoms with Gasteiger partial charge >= 0.3 is 5.97 Å². The first-order valence-corrected chi connectivity index (χ1v) is 17.4. The van der Waals surface area contributed by atoms with Gasteiger partial charge < -0.3 is 31.3 Å². The Balaban J connectivity index is 2.46. The molecule has 12 nitrogen and oxygen atoms in total. The van der Waals surface area contributed by atoms with Crippen LogP contribution < -0.4 is 26.6 Å². The molecule has 1 saturated heterocycles. The monoisotopic (exact) mass is 671 g/mol. The van der Waals surface area contributed by atoms with Crippen molar-refractivity contribution in [2.24, 2.45) is 17.8 Å². The largest absolute Gasteiger partial charge is 0.460 e. The number of unbranched alkanes of at least 4 members (excludes halogenated alkanes) is 3. The topological polar surface area (TPSA) is 172 Å². The first-order chi connectivity index (χ1) is 22.7. The van der Waals surface area contributed by atoms with E-state index < -0.39 is 65.8 Å². The van der Waals surface area contributed by atoms with Crippen LogP contribution in [0.3, 0.4) is 0 Å². The maximum Gasteiger partial charge on any atom is 0.329 e. The van der Waals surface area contributed by atoms with E-state index in [2.05, 4.69) is 33.5 Å². The second-order valence-electron chi connectivity index (χ2n) is 13.7. The Morgan fingerprint density at radius 3 is 2.06 bits per heavy atom. The number of ether oxygens (including phenoxy) is 1. The minimum Gasteiger partial charge on any atom is -0.460 e. The molecule has 1 fully saturated rings. The first kappa shape index (κ1) is 40.2. The average molecular weight is 672 g/mol. The van der Waals surface area contributed by atoms with E-state index in [0.29, 0.717) is 6.42 Å². The van der Waals surface area contributed by atoms with Crippen LogP contribution in [0.2, 0.25) is 0 Å². The molecule has 5 amide bonds. The summed E-state index contributed by atoms with van der Waals surface area (Å²) in [6.07, 6.45) is 4.15. The van der Waals surface area contributed by atoms with Crippen molar-refractivity contribution in [1.29, 1.82) is 0 Å². The Labute approximate surface area is 285 Å². The fourth-order valence-corrected chi connectivity index (χ4v) is 5.55. The fraction of sp³-hybridized carbons (Fsp3) is 0.667. The fourth-order valence-electron chi connectivity index (χ4n) is 5.55. The van der Waals surface area contributed by atoms with Crippen molar-refractivity contribution in [3.8, 4) is 0 Å². The Kier molecular flexibility index (Phi) is 17.1. The van der Waals surface area contributed by atoms with Gasteiger partial charge in [0.15, 0.2) is 0 Å². The van der Waals surface area contributed by atoms with E-state index in [4.69, 9.17) is 4.74 Å².